The van der Waals surface area contributed by atoms with Gasteiger partial charge in [0.05, 0.1) is 12.7 Å². The van der Waals surface area contributed by atoms with E-state index in [1.807, 2.05) is 6.92 Å². The Labute approximate surface area is 50.2 Å². The van der Waals surface area contributed by atoms with Crippen LogP contribution >= 0.6 is 0 Å². The lowest BCUT2D eigenvalue weighted by Gasteiger charge is -2.12. The van der Waals surface area contributed by atoms with Gasteiger partial charge in [-0.15, -0.1) is 0 Å². The fourth-order valence-corrected chi connectivity index (χ4v) is 0.407. The van der Waals surface area contributed by atoms with Crippen molar-refractivity contribution in [1.82, 2.24) is 0 Å². The molecule has 0 spiro atoms. The van der Waals surface area contributed by atoms with Gasteiger partial charge in [-0.05, 0) is 12.8 Å². The molecule has 0 heterocycles. The van der Waals surface area contributed by atoms with E-state index in [4.69, 9.17) is 17.1 Å². The van der Waals surface area contributed by atoms with Gasteiger partial charge in [0.15, 0.2) is 0 Å². The van der Waals surface area contributed by atoms with E-state index in [0.29, 0.717) is 6.42 Å². The van der Waals surface area contributed by atoms with Crippen LogP contribution in [0.5, 0.6) is 0 Å². The molecule has 8 heavy (non-hydrogen) atoms. The van der Waals surface area contributed by atoms with E-state index in [0.717, 1.165) is 0 Å². The van der Waals surface area contributed by atoms with Gasteiger partial charge in [-0.25, -0.2) is 0 Å². The minimum absolute atomic E-state index is 0.241. The van der Waals surface area contributed by atoms with Gasteiger partial charge in [-0.3, -0.25) is 0 Å². The van der Waals surface area contributed by atoms with Crippen molar-refractivity contribution in [3.63, 3.8) is 0 Å². The average Bonchev–Trinajstić information content (AvgIpc) is 1.84. The molecular weight excluding hydrogens is 104 g/mol. The van der Waals surface area contributed by atoms with Gasteiger partial charge in [0.25, 0.3) is 0 Å². The van der Waals surface area contributed by atoms with Crippen molar-refractivity contribution in [2.24, 2.45) is 5.92 Å². The standard InChI is InChI=1S/C6H12O2/c1-3-5(2)6(8)4-7/h2,5-8H,3-4H2,1H3. The third-order valence-electron chi connectivity index (χ3n) is 1.15. The van der Waals surface area contributed by atoms with Crippen molar-refractivity contribution in [1.29, 1.82) is 0 Å². The van der Waals surface area contributed by atoms with Crippen LogP contribution in [0.15, 0.2) is 0 Å². The van der Waals surface area contributed by atoms with E-state index in [2.05, 4.69) is 0 Å². The van der Waals surface area contributed by atoms with Gasteiger partial charge in [0, 0.05) is 0 Å². The zero-order chi connectivity index (χ0) is 6.57. The van der Waals surface area contributed by atoms with Crippen LogP contribution in [-0.2, 0) is 0 Å². The van der Waals surface area contributed by atoms with E-state index in [9.17, 15) is 0 Å². The summed E-state index contributed by atoms with van der Waals surface area (Å²) >= 11 is 0. The quantitative estimate of drug-likeness (QED) is 0.548. The molecule has 2 atom stereocenters. The summed E-state index contributed by atoms with van der Waals surface area (Å²) in [5.74, 6) is -0.278. The van der Waals surface area contributed by atoms with Crippen LogP contribution in [0.1, 0.15) is 13.3 Å². The molecule has 2 unspecified atom stereocenters. The molecule has 0 aromatic rings. The highest BCUT2D eigenvalue weighted by molar-refractivity contribution is 4.67. The van der Waals surface area contributed by atoms with E-state index in [1.165, 1.54) is 0 Å². The van der Waals surface area contributed by atoms with Gasteiger partial charge in [0.2, 0.25) is 0 Å². The fraction of sp³-hybridized carbons (Fsp3) is 0.833. The Kier molecular flexibility index (Phi) is 3.83. The second kappa shape index (κ2) is 3.87. The first-order chi connectivity index (χ1) is 3.72. The monoisotopic (exact) mass is 116 g/mol. The smallest absolute Gasteiger partial charge is 0.0801 e. The molecule has 0 saturated heterocycles. The zero-order valence-corrected chi connectivity index (χ0v) is 5.04. The molecule has 0 aliphatic rings. The highest BCUT2D eigenvalue weighted by Gasteiger charge is 2.09. The lowest BCUT2D eigenvalue weighted by Crippen LogP contribution is -2.20. The van der Waals surface area contributed by atoms with Crippen LogP contribution in [0.2, 0.25) is 0 Å². The molecule has 2 N–H and O–H groups in total. The molecule has 0 bridgehead atoms. The van der Waals surface area contributed by atoms with Crippen LogP contribution in [0.25, 0.3) is 0 Å². The molecule has 2 nitrogen and oxygen atoms in total. The van der Waals surface area contributed by atoms with Crippen molar-refractivity contribution >= 4 is 0 Å². The average molecular weight is 116 g/mol. The largest absolute Gasteiger partial charge is 0.394 e. The second-order valence-electron chi connectivity index (χ2n) is 1.82. The molecule has 0 aromatic carbocycles. The topological polar surface area (TPSA) is 40.5 Å². The molecule has 0 amide bonds. The second-order valence-corrected chi connectivity index (χ2v) is 1.82. The first-order valence-corrected chi connectivity index (χ1v) is 2.76. The molecular formula is C6H12O2. The van der Waals surface area contributed by atoms with Gasteiger partial charge < -0.3 is 10.2 Å². The normalized spacial score (nSPS) is 18.0. The SMILES string of the molecule is [CH]C(CC)C(O)CO. The zero-order valence-electron chi connectivity index (χ0n) is 5.04. The van der Waals surface area contributed by atoms with Crippen molar-refractivity contribution in [3.05, 3.63) is 6.92 Å². The predicted molar refractivity (Wildman–Crippen MR) is 31.2 cm³/mol. The number of rotatable bonds is 3. The number of hydrogen-bond donors (Lipinski definition) is 2. The summed E-state index contributed by atoms with van der Waals surface area (Å²) in [7, 11) is 0. The maximum Gasteiger partial charge on any atom is 0.0801 e. The summed E-state index contributed by atoms with van der Waals surface area (Å²) in [5, 5.41) is 17.1. The van der Waals surface area contributed by atoms with Crippen molar-refractivity contribution in [2.45, 2.75) is 19.4 Å². The third-order valence-corrected chi connectivity index (χ3v) is 1.15. The molecule has 0 aliphatic heterocycles. The Bertz CT molecular complexity index is 46.5. The molecule has 48 valence electrons. The molecule has 2 radical (unpaired) electrons. The Morgan fingerprint density at radius 2 is 2.12 bits per heavy atom. The van der Waals surface area contributed by atoms with Crippen LogP contribution in [0.3, 0.4) is 0 Å². The lowest BCUT2D eigenvalue weighted by atomic mass is 10.0. The van der Waals surface area contributed by atoms with Gasteiger partial charge in [0.1, 0.15) is 0 Å². The van der Waals surface area contributed by atoms with E-state index >= 15 is 0 Å². The Balaban J connectivity index is 3.29. The van der Waals surface area contributed by atoms with Gasteiger partial charge in [-0.2, -0.15) is 0 Å². The molecule has 0 fully saturated rings. The van der Waals surface area contributed by atoms with Crippen molar-refractivity contribution in [2.75, 3.05) is 6.61 Å². The van der Waals surface area contributed by atoms with Crippen LogP contribution in [0.4, 0.5) is 0 Å². The fourth-order valence-electron chi connectivity index (χ4n) is 0.407. The third kappa shape index (κ3) is 2.28. The summed E-state index contributed by atoms with van der Waals surface area (Å²) in [6.45, 7) is 6.94. The summed E-state index contributed by atoms with van der Waals surface area (Å²) in [6, 6.07) is 0. The number of hydrogen-bond acceptors (Lipinski definition) is 2. The summed E-state index contributed by atoms with van der Waals surface area (Å²) in [4.78, 5) is 0. The summed E-state index contributed by atoms with van der Waals surface area (Å²) < 4.78 is 0. The lowest BCUT2D eigenvalue weighted by molar-refractivity contribution is 0.0608. The molecule has 0 saturated carbocycles. The molecule has 0 aliphatic carbocycles. The number of aliphatic hydroxyl groups excluding tert-OH is 2. The summed E-state index contributed by atoms with van der Waals surface area (Å²) in [6.07, 6.45) is -0.0538. The molecule has 2 heteroatoms. The van der Waals surface area contributed by atoms with Crippen molar-refractivity contribution < 1.29 is 10.2 Å². The first-order valence-electron chi connectivity index (χ1n) is 2.76. The Hall–Kier alpha value is -0.0800. The maximum absolute atomic E-state index is 8.75. The van der Waals surface area contributed by atoms with Gasteiger partial charge >= 0.3 is 0 Å². The highest BCUT2D eigenvalue weighted by Crippen LogP contribution is 2.04. The van der Waals surface area contributed by atoms with Crippen LogP contribution in [0, 0.1) is 12.8 Å². The molecule has 0 aromatic heterocycles. The van der Waals surface area contributed by atoms with E-state index < -0.39 is 6.10 Å². The van der Waals surface area contributed by atoms with Gasteiger partial charge in [-0.1, -0.05) is 13.3 Å². The Morgan fingerprint density at radius 3 is 2.25 bits per heavy atom. The maximum atomic E-state index is 8.75. The minimum atomic E-state index is -0.750. The molecule has 0 rings (SSSR count). The van der Waals surface area contributed by atoms with E-state index in [1.54, 1.807) is 0 Å². The Morgan fingerprint density at radius 1 is 1.62 bits per heavy atom. The van der Waals surface area contributed by atoms with E-state index in [-0.39, 0.29) is 12.5 Å². The predicted octanol–water partition coefficient (Wildman–Crippen LogP) is 0.0769. The van der Waals surface area contributed by atoms with Crippen LogP contribution in [-0.4, -0.2) is 22.9 Å². The summed E-state index contributed by atoms with van der Waals surface area (Å²) in [5.41, 5.74) is 0. The minimum Gasteiger partial charge on any atom is -0.394 e. The van der Waals surface area contributed by atoms with Crippen molar-refractivity contribution in [3.8, 4) is 0 Å². The van der Waals surface area contributed by atoms with Crippen LogP contribution < -0.4 is 0 Å². The first kappa shape index (κ1) is 7.92. The number of aliphatic hydroxyl groups is 2. The highest BCUT2D eigenvalue weighted by atomic mass is 16.3.